The fourth-order valence-corrected chi connectivity index (χ4v) is 3.19. The van der Waals surface area contributed by atoms with Gasteiger partial charge in [0.2, 0.25) is 0 Å². The molecule has 25 heavy (non-hydrogen) atoms. The number of carbonyl (C=O) groups is 1. The quantitative estimate of drug-likeness (QED) is 0.749. The van der Waals surface area contributed by atoms with Crippen LogP contribution < -0.4 is 5.32 Å². The van der Waals surface area contributed by atoms with Crippen LogP contribution in [0.5, 0.6) is 0 Å². The number of nitrogens with zero attached hydrogens (tertiary/aromatic N) is 3. The molecule has 6 nitrogen and oxygen atoms in total. The maximum Gasteiger partial charge on any atom is 0.252 e. The van der Waals surface area contributed by atoms with Crippen molar-refractivity contribution >= 4 is 11.6 Å². The van der Waals surface area contributed by atoms with Gasteiger partial charge in [-0.15, -0.1) is 10.2 Å². The highest BCUT2D eigenvalue weighted by atomic mass is 16.3. The summed E-state index contributed by atoms with van der Waals surface area (Å²) in [5.74, 6) is 0.587. The molecule has 3 aromatic rings. The average Bonchev–Trinajstić information content (AvgIpc) is 3.37. The van der Waals surface area contributed by atoms with Crippen molar-refractivity contribution in [3.63, 3.8) is 0 Å². The van der Waals surface area contributed by atoms with Crippen LogP contribution in [0.1, 0.15) is 40.7 Å². The number of benzene rings is 1. The fraction of sp³-hybridized carbons (Fsp3) is 0.316. The fourth-order valence-electron chi connectivity index (χ4n) is 3.19. The van der Waals surface area contributed by atoms with Gasteiger partial charge in [0.1, 0.15) is 5.82 Å². The Bertz CT molecular complexity index is 916. The molecule has 2 N–H and O–H groups in total. The van der Waals surface area contributed by atoms with Crippen LogP contribution in [0.2, 0.25) is 0 Å². The van der Waals surface area contributed by atoms with Crippen molar-refractivity contribution in [1.82, 2.24) is 19.9 Å². The number of hydrogen-bond acceptors (Lipinski definition) is 4. The molecule has 0 aliphatic heterocycles. The lowest BCUT2D eigenvalue weighted by atomic mass is 9.92. The first-order chi connectivity index (χ1) is 12.1. The maximum atomic E-state index is 12.5. The van der Waals surface area contributed by atoms with Crippen LogP contribution in [-0.2, 0) is 0 Å². The van der Waals surface area contributed by atoms with Crippen molar-refractivity contribution < 1.29 is 9.90 Å². The Labute approximate surface area is 145 Å². The molecule has 1 amide bonds. The van der Waals surface area contributed by atoms with Crippen molar-refractivity contribution in [3.8, 4) is 0 Å². The summed E-state index contributed by atoms with van der Waals surface area (Å²) in [6, 6.07) is 13.1. The molecule has 1 unspecified atom stereocenters. The Balaban J connectivity index is 1.46. The molecule has 0 saturated heterocycles. The van der Waals surface area contributed by atoms with E-state index in [1.54, 1.807) is 22.7 Å². The first kappa shape index (κ1) is 15.8. The lowest BCUT2D eigenvalue weighted by molar-refractivity contribution is 0.0807. The average molecular weight is 336 g/mol. The minimum absolute atomic E-state index is 0.151. The first-order valence-corrected chi connectivity index (χ1v) is 8.42. The van der Waals surface area contributed by atoms with Gasteiger partial charge in [-0.1, -0.05) is 30.3 Å². The van der Waals surface area contributed by atoms with E-state index in [4.69, 9.17) is 0 Å². The van der Waals surface area contributed by atoms with Gasteiger partial charge in [-0.05, 0) is 37.5 Å². The third-order valence-electron chi connectivity index (χ3n) is 5.02. The third-order valence-corrected chi connectivity index (χ3v) is 5.02. The van der Waals surface area contributed by atoms with Gasteiger partial charge in [0.25, 0.3) is 5.91 Å². The molecule has 2 aromatic heterocycles. The van der Waals surface area contributed by atoms with E-state index in [1.807, 2.05) is 37.3 Å². The molecule has 0 spiro atoms. The van der Waals surface area contributed by atoms with Crippen molar-refractivity contribution in [2.24, 2.45) is 5.41 Å². The molecule has 0 bridgehead atoms. The maximum absolute atomic E-state index is 12.5. The summed E-state index contributed by atoms with van der Waals surface area (Å²) in [5, 5.41) is 21.7. The zero-order chi connectivity index (χ0) is 17.4. The summed E-state index contributed by atoms with van der Waals surface area (Å²) in [7, 11) is 0. The van der Waals surface area contributed by atoms with Crippen LogP contribution in [0.25, 0.3) is 5.65 Å². The molecule has 1 aliphatic rings. The molecule has 4 rings (SSSR count). The van der Waals surface area contributed by atoms with Gasteiger partial charge in [-0.25, -0.2) is 0 Å². The molecular weight excluding hydrogens is 316 g/mol. The summed E-state index contributed by atoms with van der Waals surface area (Å²) < 4.78 is 1.79. The third kappa shape index (κ3) is 2.89. The molecule has 1 aliphatic carbocycles. The zero-order valence-corrected chi connectivity index (χ0v) is 14.0. The van der Waals surface area contributed by atoms with Crippen molar-refractivity contribution in [1.29, 1.82) is 0 Å². The summed E-state index contributed by atoms with van der Waals surface area (Å²) >= 11 is 0. The van der Waals surface area contributed by atoms with Gasteiger partial charge < -0.3 is 10.4 Å². The number of aryl methyl sites for hydroxylation is 1. The molecule has 1 fully saturated rings. The number of nitrogens with one attached hydrogen (secondary N) is 1. The lowest BCUT2D eigenvalue weighted by Gasteiger charge is -2.23. The second kappa shape index (κ2) is 5.97. The number of aliphatic hydroxyl groups excluding tert-OH is 1. The van der Waals surface area contributed by atoms with Gasteiger partial charge in [0, 0.05) is 18.2 Å². The molecule has 128 valence electrons. The van der Waals surface area contributed by atoms with E-state index >= 15 is 0 Å². The minimum Gasteiger partial charge on any atom is -0.388 e. The van der Waals surface area contributed by atoms with Gasteiger partial charge >= 0.3 is 0 Å². The van der Waals surface area contributed by atoms with Crippen LogP contribution in [0.15, 0.2) is 48.7 Å². The van der Waals surface area contributed by atoms with Crippen molar-refractivity contribution in [2.75, 3.05) is 6.54 Å². The predicted molar refractivity (Wildman–Crippen MR) is 93.1 cm³/mol. The zero-order valence-electron chi connectivity index (χ0n) is 14.0. The van der Waals surface area contributed by atoms with E-state index in [1.165, 1.54) is 0 Å². The van der Waals surface area contributed by atoms with E-state index in [9.17, 15) is 9.90 Å². The minimum atomic E-state index is -0.559. The summed E-state index contributed by atoms with van der Waals surface area (Å²) in [6.07, 6.45) is 3.00. The first-order valence-electron chi connectivity index (χ1n) is 8.42. The Kier molecular flexibility index (Phi) is 3.77. The number of pyridine rings is 1. The molecule has 6 heteroatoms. The van der Waals surface area contributed by atoms with E-state index < -0.39 is 6.10 Å². The van der Waals surface area contributed by atoms with Crippen LogP contribution in [0.3, 0.4) is 0 Å². The van der Waals surface area contributed by atoms with Crippen molar-refractivity contribution in [3.05, 3.63) is 65.6 Å². The Morgan fingerprint density at radius 3 is 2.72 bits per heavy atom. The number of amides is 1. The van der Waals surface area contributed by atoms with Crippen LogP contribution >= 0.6 is 0 Å². The Morgan fingerprint density at radius 2 is 2.00 bits per heavy atom. The lowest BCUT2D eigenvalue weighted by Crippen LogP contribution is -2.33. The Hall–Kier alpha value is -2.73. The summed E-state index contributed by atoms with van der Waals surface area (Å²) in [6.45, 7) is 2.30. The summed E-state index contributed by atoms with van der Waals surface area (Å²) in [5.41, 5.74) is 1.91. The SMILES string of the molecule is Cc1nnc2ccc(C(=O)NCC3(C(O)c4ccccc4)CC3)cn12. The molecule has 0 radical (unpaired) electrons. The van der Waals surface area contributed by atoms with Crippen LogP contribution in [0.4, 0.5) is 0 Å². The van der Waals surface area contributed by atoms with E-state index in [2.05, 4.69) is 15.5 Å². The predicted octanol–water partition coefficient (Wildman–Crippen LogP) is 2.28. The van der Waals surface area contributed by atoms with Gasteiger partial charge in [-0.3, -0.25) is 9.20 Å². The standard InChI is InChI=1S/C19H20N4O2/c1-13-21-22-16-8-7-15(11-23(13)16)18(25)20-12-19(9-10-19)17(24)14-5-3-2-4-6-14/h2-8,11,17,24H,9-10,12H2,1H3,(H,20,25). The second-order valence-corrected chi connectivity index (χ2v) is 6.75. The summed E-state index contributed by atoms with van der Waals surface area (Å²) in [4.78, 5) is 12.5. The highest BCUT2D eigenvalue weighted by Crippen LogP contribution is 2.54. The Morgan fingerprint density at radius 1 is 1.24 bits per heavy atom. The van der Waals surface area contributed by atoms with E-state index in [0.717, 1.165) is 24.2 Å². The monoisotopic (exact) mass is 336 g/mol. The van der Waals surface area contributed by atoms with Gasteiger partial charge in [-0.2, -0.15) is 0 Å². The number of fused-ring (bicyclic) bond motifs is 1. The van der Waals surface area contributed by atoms with Crippen LogP contribution in [-0.4, -0.2) is 32.2 Å². The van der Waals surface area contributed by atoms with Crippen molar-refractivity contribution in [2.45, 2.75) is 25.9 Å². The van der Waals surface area contributed by atoms with E-state index in [-0.39, 0.29) is 11.3 Å². The van der Waals surface area contributed by atoms with Gasteiger partial charge in [0.05, 0.1) is 11.7 Å². The highest BCUT2D eigenvalue weighted by Gasteiger charge is 2.49. The van der Waals surface area contributed by atoms with Gasteiger partial charge in [0.15, 0.2) is 5.65 Å². The number of carbonyl (C=O) groups excluding carboxylic acids is 1. The van der Waals surface area contributed by atoms with E-state index in [0.29, 0.717) is 17.8 Å². The number of aromatic nitrogens is 3. The smallest absolute Gasteiger partial charge is 0.252 e. The second-order valence-electron chi connectivity index (χ2n) is 6.75. The molecule has 1 atom stereocenters. The molecule has 2 heterocycles. The molecule has 1 saturated carbocycles. The number of rotatable bonds is 5. The normalized spacial score (nSPS) is 16.6. The highest BCUT2D eigenvalue weighted by molar-refractivity contribution is 5.94. The molecule has 1 aromatic carbocycles. The topological polar surface area (TPSA) is 79.5 Å². The molecular formula is C19H20N4O2. The largest absolute Gasteiger partial charge is 0.388 e. The van der Waals surface area contributed by atoms with Crippen LogP contribution in [0, 0.1) is 12.3 Å². The number of aliphatic hydroxyl groups is 1. The number of hydrogen-bond donors (Lipinski definition) is 2.